The molecule has 10 heteroatoms. The first-order chi connectivity index (χ1) is 8.86. The van der Waals surface area contributed by atoms with Crippen LogP contribution in [0.2, 0.25) is 0 Å². The zero-order chi connectivity index (χ0) is 14.6. The van der Waals surface area contributed by atoms with Crippen molar-refractivity contribution in [3.05, 3.63) is 32.1 Å². The van der Waals surface area contributed by atoms with E-state index in [0.717, 1.165) is 0 Å². The molecule has 0 radical (unpaired) electrons. The van der Waals surface area contributed by atoms with E-state index in [9.17, 15) is 19.2 Å². The Balaban J connectivity index is 3.30. The number of aromatic nitrogens is 2. The summed E-state index contributed by atoms with van der Waals surface area (Å²) >= 11 is 0. The van der Waals surface area contributed by atoms with Crippen LogP contribution in [0.3, 0.4) is 0 Å². The molecule has 0 fully saturated rings. The van der Waals surface area contributed by atoms with Crippen molar-refractivity contribution >= 4 is 11.9 Å². The standard InChI is InChI=1S/C9H11N3O7/c13-2-3-5(7(16)12-9(19)11-3)6(8(17)18)10-1-4(14)15/h6,10,13H,1-2H2,(H,14,15)(H,17,18)(H2,11,12,16,19). The molecule has 0 saturated heterocycles. The number of carboxylic acids is 2. The number of carboxylic acid groups (broad SMARTS) is 2. The molecule has 0 aliphatic carbocycles. The minimum Gasteiger partial charge on any atom is -0.480 e. The molecule has 0 aliphatic heterocycles. The van der Waals surface area contributed by atoms with Gasteiger partial charge in [-0.15, -0.1) is 0 Å². The van der Waals surface area contributed by atoms with Gasteiger partial charge in [-0.05, 0) is 0 Å². The van der Waals surface area contributed by atoms with Crippen LogP contribution in [0, 0.1) is 0 Å². The molecule has 0 saturated carbocycles. The van der Waals surface area contributed by atoms with Crippen molar-refractivity contribution in [3.8, 4) is 0 Å². The summed E-state index contributed by atoms with van der Waals surface area (Å²) in [5, 5.41) is 28.6. The number of hydrogen-bond donors (Lipinski definition) is 6. The average molecular weight is 273 g/mol. The van der Waals surface area contributed by atoms with Gasteiger partial charge in [-0.2, -0.15) is 0 Å². The molecule has 104 valence electrons. The molecule has 19 heavy (non-hydrogen) atoms. The summed E-state index contributed by atoms with van der Waals surface area (Å²) in [6.07, 6.45) is 0. The lowest BCUT2D eigenvalue weighted by Crippen LogP contribution is -2.39. The van der Waals surface area contributed by atoms with Crippen LogP contribution in [0.5, 0.6) is 0 Å². The molecule has 10 nitrogen and oxygen atoms in total. The number of hydrogen-bond acceptors (Lipinski definition) is 6. The molecule has 0 bridgehead atoms. The molecule has 6 N–H and O–H groups in total. The lowest BCUT2D eigenvalue weighted by atomic mass is 10.1. The Morgan fingerprint density at radius 2 is 1.84 bits per heavy atom. The predicted molar refractivity (Wildman–Crippen MR) is 59.6 cm³/mol. The molecule has 1 heterocycles. The van der Waals surface area contributed by atoms with Gasteiger partial charge in [-0.3, -0.25) is 24.7 Å². The SMILES string of the molecule is O=C(O)CNC(C(=O)O)c1c(CO)[nH]c(=O)[nH]c1=O. The number of carbonyl (C=O) groups is 2. The molecule has 1 atom stereocenters. The van der Waals surface area contributed by atoms with Crippen LogP contribution < -0.4 is 16.6 Å². The quantitative estimate of drug-likeness (QED) is 0.326. The summed E-state index contributed by atoms with van der Waals surface area (Å²) in [6.45, 7) is -1.48. The van der Waals surface area contributed by atoms with Crippen LogP contribution in [0.15, 0.2) is 9.59 Å². The topological polar surface area (TPSA) is 173 Å². The number of aliphatic hydroxyl groups excluding tert-OH is 1. The molecule has 0 aliphatic rings. The van der Waals surface area contributed by atoms with Crippen molar-refractivity contribution in [2.75, 3.05) is 6.54 Å². The van der Waals surface area contributed by atoms with Crippen molar-refractivity contribution in [1.29, 1.82) is 0 Å². The second-order valence-corrected chi connectivity index (χ2v) is 3.50. The highest BCUT2D eigenvalue weighted by atomic mass is 16.4. The molecule has 1 aromatic heterocycles. The fourth-order valence-electron chi connectivity index (χ4n) is 1.48. The normalized spacial score (nSPS) is 12.1. The van der Waals surface area contributed by atoms with Gasteiger partial charge in [0.15, 0.2) is 0 Å². The van der Waals surface area contributed by atoms with Gasteiger partial charge in [0.2, 0.25) is 0 Å². The Hall–Kier alpha value is -2.46. The van der Waals surface area contributed by atoms with E-state index in [1.807, 2.05) is 4.98 Å². The minimum absolute atomic E-state index is 0.293. The van der Waals surface area contributed by atoms with Crippen LogP contribution in [0.1, 0.15) is 17.3 Å². The average Bonchev–Trinajstić information content (AvgIpc) is 2.30. The van der Waals surface area contributed by atoms with Gasteiger partial charge in [0.05, 0.1) is 24.4 Å². The summed E-state index contributed by atoms with van der Waals surface area (Å²) in [5.74, 6) is -2.84. The highest BCUT2D eigenvalue weighted by Gasteiger charge is 2.26. The molecular weight excluding hydrogens is 262 g/mol. The fourth-order valence-corrected chi connectivity index (χ4v) is 1.48. The maximum Gasteiger partial charge on any atom is 0.325 e. The molecule has 0 spiro atoms. The van der Waals surface area contributed by atoms with E-state index in [1.165, 1.54) is 0 Å². The summed E-state index contributed by atoms with van der Waals surface area (Å²) in [7, 11) is 0. The van der Waals surface area contributed by atoms with Crippen LogP contribution >= 0.6 is 0 Å². The smallest absolute Gasteiger partial charge is 0.325 e. The number of aliphatic carboxylic acids is 2. The maximum atomic E-state index is 11.6. The van der Waals surface area contributed by atoms with Gasteiger partial charge < -0.3 is 20.3 Å². The predicted octanol–water partition coefficient (Wildman–Crippen LogP) is -2.64. The maximum absolute atomic E-state index is 11.6. The van der Waals surface area contributed by atoms with Gasteiger partial charge in [0.25, 0.3) is 5.56 Å². The van der Waals surface area contributed by atoms with Gasteiger partial charge in [0, 0.05) is 0 Å². The second-order valence-electron chi connectivity index (χ2n) is 3.50. The van der Waals surface area contributed by atoms with Gasteiger partial charge in [0.1, 0.15) is 6.04 Å². The van der Waals surface area contributed by atoms with Crippen LogP contribution in [0.25, 0.3) is 0 Å². The lowest BCUT2D eigenvalue weighted by Gasteiger charge is -2.14. The Bertz CT molecular complexity index is 603. The highest BCUT2D eigenvalue weighted by molar-refractivity contribution is 5.77. The van der Waals surface area contributed by atoms with E-state index in [2.05, 4.69) is 10.3 Å². The van der Waals surface area contributed by atoms with E-state index in [1.54, 1.807) is 0 Å². The van der Waals surface area contributed by atoms with Crippen molar-refractivity contribution < 1.29 is 24.9 Å². The Kier molecular flexibility index (Phi) is 4.56. The first-order valence-corrected chi connectivity index (χ1v) is 5.01. The monoisotopic (exact) mass is 273 g/mol. The Labute approximate surface area is 104 Å². The summed E-state index contributed by atoms with van der Waals surface area (Å²) in [4.78, 5) is 47.9. The number of aromatic amines is 2. The third-order valence-electron chi connectivity index (χ3n) is 2.21. The molecule has 1 unspecified atom stereocenters. The Morgan fingerprint density at radius 1 is 1.21 bits per heavy atom. The molecular formula is C9H11N3O7. The van der Waals surface area contributed by atoms with Crippen LogP contribution in [-0.4, -0.2) is 43.8 Å². The van der Waals surface area contributed by atoms with E-state index in [4.69, 9.17) is 15.3 Å². The number of aliphatic hydroxyl groups is 1. The molecule has 0 amide bonds. The van der Waals surface area contributed by atoms with Crippen LogP contribution in [-0.2, 0) is 16.2 Å². The van der Waals surface area contributed by atoms with E-state index in [0.29, 0.717) is 0 Å². The van der Waals surface area contributed by atoms with Crippen molar-refractivity contribution in [2.45, 2.75) is 12.6 Å². The Morgan fingerprint density at radius 3 is 2.32 bits per heavy atom. The zero-order valence-corrected chi connectivity index (χ0v) is 9.47. The summed E-state index contributed by atoms with van der Waals surface area (Å²) < 4.78 is 0. The number of rotatable bonds is 6. The van der Waals surface area contributed by atoms with Crippen LogP contribution in [0.4, 0.5) is 0 Å². The van der Waals surface area contributed by atoms with E-state index in [-0.39, 0.29) is 5.69 Å². The van der Waals surface area contributed by atoms with Gasteiger partial charge >= 0.3 is 17.6 Å². The largest absolute Gasteiger partial charge is 0.480 e. The molecule has 1 rings (SSSR count). The third kappa shape index (κ3) is 3.50. The van der Waals surface area contributed by atoms with E-state index >= 15 is 0 Å². The van der Waals surface area contributed by atoms with Crippen molar-refractivity contribution in [3.63, 3.8) is 0 Å². The summed E-state index contributed by atoms with van der Waals surface area (Å²) in [6, 6.07) is -1.67. The van der Waals surface area contributed by atoms with Crippen molar-refractivity contribution in [1.82, 2.24) is 15.3 Å². The fraction of sp³-hybridized carbons (Fsp3) is 0.333. The van der Waals surface area contributed by atoms with Gasteiger partial charge in [-0.25, -0.2) is 4.79 Å². The first-order valence-electron chi connectivity index (χ1n) is 5.01. The minimum atomic E-state index is -1.67. The zero-order valence-electron chi connectivity index (χ0n) is 9.47. The summed E-state index contributed by atoms with van der Waals surface area (Å²) in [5.41, 5.74) is -2.66. The molecule has 1 aromatic rings. The lowest BCUT2D eigenvalue weighted by molar-refractivity contribution is -0.140. The third-order valence-corrected chi connectivity index (χ3v) is 2.21. The number of nitrogens with one attached hydrogen (secondary N) is 3. The van der Waals surface area contributed by atoms with Gasteiger partial charge in [-0.1, -0.05) is 0 Å². The van der Waals surface area contributed by atoms with E-state index < -0.39 is 47.9 Å². The highest BCUT2D eigenvalue weighted by Crippen LogP contribution is 2.11. The first kappa shape index (κ1) is 14.6. The number of H-pyrrole nitrogens is 2. The van der Waals surface area contributed by atoms with Crippen molar-refractivity contribution in [2.24, 2.45) is 0 Å². The molecule has 0 aromatic carbocycles. The second kappa shape index (κ2) is 5.93.